The number of nitrogens with zero attached hydrogens (tertiary/aromatic N) is 1. The molecule has 0 atom stereocenters. The zero-order chi connectivity index (χ0) is 20.6. The first-order valence-corrected chi connectivity index (χ1v) is 10.4. The molecule has 1 aromatic heterocycles. The van der Waals surface area contributed by atoms with Crippen LogP contribution in [0.4, 0.5) is 0 Å². The summed E-state index contributed by atoms with van der Waals surface area (Å²) < 4.78 is 11.7. The molecule has 7 heteroatoms. The Morgan fingerprint density at radius 2 is 1.86 bits per heavy atom. The number of esters is 1. The van der Waals surface area contributed by atoms with E-state index in [9.17, 15) is 9.59 Å². The second-order valence-corrected chi connectivity index (χ2v) is 7.76. The second kappa shape index (κ2) is 10.1. The Morgan fingerprint density at radius 3 is 2.66 bits per heavy atom. The van der Waals surface area contributed by atoms with Gasteiger partial charge in [0.2, 0.25) is 0 Å². The Bertz CT molecular complexity index is 951. The van der Waals surface area contributed by atoms with Gasteiger partial charge in [0, 0.05) is 18.7 Å². The van der Waals surface area contributed by atoms with Crippen LogP contribution in [0, 0.1) is 0 Å². The van der Waals surface area contributed by atoms with Gasteiger partial charge in [-0.25, -0.2) is 9.78 Å². The summed E-state index contributed by atoms with van der Waals surface area (Å²) in [5, 5.41) is 3.46. The molecular formula is C22H24N2O4S. The molecule has 1 amide bonds. The van der Waals surface area contributed by atoms with Crippen molar-refractivity contribution in [2.75, 3.05) is 19.8 Å². The van der Waals surface area contributed by atoms with Crippen molar-refractivity contribution in [3.63, 3.8) is 0 Å². The maximum Gasteiger partial charge on any atom is 0.339 e. The minimum Gasteiger partial charge on any atom is -0.452 e. The van der Waals surface area contributed by atoms with Crippen LogP contribution in [0.15, 0.2) is 48.5 Å². The molecule has 1 heterocycles. The molecule has 1 N–H and O–H groups in total. The van der Waals surface area contributed by atoms with Gasteiger partial charge >= 0.3 is 5.97 Å². The Morgan fingerprint density at radius 1 is 1.10 bits per heavy atom. The molecule has 0 saturated carbocycles. The van der Waals surface area contributed by atoms with E-state index in [0.717, 1.165) is 15.2 Å². The molecule has 152 valence electrons. The Kier molecular flexibility index (Phi) is 7.32. The number of carbonyl (C=O) groups is 2. The van der Waals surface area contributed by atoms with E-state index in [1.165, 1.54) is 11.3 Å². The number of benzene rings is 2. The highest BCUT2D eigenvalue weighted by molar-refractivity contribution is 7.21. The fourth-order valence-electron chi connectivity index (χ4n) is 2.71. The molecule has 0 saturated heterocycles. The molecule has 0 bridgehead atoms. The first-order chi connectivity index (χ1) is 14.0. The molecule has 0 aliphatic carbocycles. The standard InChI is InChI=1S/C22H24N2O4S/c1-15(2)27-13-7-12-23-20(25)14-28-22(26)17-9-4-3-8-16(17)21-24-18-10-5-6-11-19(18)29-21/h3-6,8-11,15H,7,12-14H2,1-2H3,(H,23,25). The van der Waals surface area contributed by atoms with Gasteiger partial charge in [0.1, 0.15) is 5.01 Å². The van der Waals surface area contributed by atoms with E-state index in [-0.39, 0.29) is 18.6 Å². The van der Waals surface area contributed by atoms with Gasteiger partial charge in [-0.3, -0.25) is 4.79 Å². The molecule has 0 fully saturated rings. The van der Waals surface area contributed by atoms with E-state index in [4.69, 9.17) is 9.47 Å². The van der Waals surface area contributed by atoms with Crippen molar-refractivity contribution in [1.29, 1.82) is 0 Å². The van der Waals surface area contributed by atoms with Gasteiger partial charge in [-0.15, -0.1) is 11.3 Å². The van der Waals surface area contributed by atoms with Crippen LogP contribution in [0.25, 0.3) is 20.8 Å². The van der Waals surface area contributed by atoms with Crippen LogP contribution >= 0.6 is 11.3 Å². The molecule has 0 unspecified atom stereocenters. The van der Waals surface area contributed by atoms with E-state index in [2.05, 4.69) is 10.3 Å². The van der Waals surface area contributed by atoms with E-state index in [1.54, 1.807) is 12.1 Å². The minimum absolute atomic E-state index is 0.169. The van der Waals surface area contributed by atoms with Crippen molar-refractivity contribution < 1.29 is 19.1 Å². The first kappa shape index (κ1) is 21.0. The Balaban J connectivity index is 1.58. The van der Waals surface area contributed by atoms with E-state index in [0.29, 0.717) is 30.7 Å². The first-order valence-electron chi connectivity index (χ1n) is 9.55. The largest absolute Gasteiger partial charge is 0.452 e. The number of hydrogen-bond acceptors (Lipinski definition) is 6. The summed E-state index contributed by atoms with van der Waals surface area (Å²) in [6.45, 7) is 4.66. The number of carbonyl (C=O) groups excluding carboxylic acids is 2. The average Bonchev–Trinajstić information content (AvgIpc) is 3.15. The van der Waals surface area contributed by atoms with Gasteiger partial charge in [0.25, 0.3) is 5.91 Å². The fraction of sp³-hybridized carbons (Fsp3) is 0.318. The number of thiazole rings is 1. The monoisotopic (exact) mass is 412 g/mol. The fourth-order valence-corrected chi connectivity index (χ4v) is 3.72. The van der Waals surface area contributed by atoms with Gasteiger partial charge in [-0.1, -0.05) is 30.3 Å². The molecule has 3 aromatic rings. The van der Waals surface area contributed by atoms with Crippen LogP contribution in [-0.2, 0) is 14.3 Å². The lowest BCUT2D eigenvalue weighted by molar-refractivity contribution is -0.124. The lowest BCUT2D eigenvalue weighted by atomic mass is 10.1. The smallest absolute Gasteiger partial charge is 0.339 e. The summed E-state index contributed by atoms with van der Waals surface area (Å²) in [4.78, 5) is 29.1. The number of aromatic nitrogens is 1. The van der Waals surface area contributed by atoms with Gasteiger partial charge < -0.3 is 14.8 Å². The summed E-state index contributed by atoms with van der Waals surface area (Å²) in [5.74, 6) is -0.876. The average molecular weight is 413 g/mol. The van der Waals surface area contributed by atoms with Crippen LogP contribution in [-0.4, -0.2) is 42.7 Å². The Hall–Kier alpha value is -2.77. The van der Waals surface area contributed by atoms with Crippen LogP contribution in [0.5, 0.6) is 0 Å². The molecule has 3 rings (SSSR count). The molecule has 6 nitrogen and oxygen atoms in total. The third-order valence-corrected chi connectivity index (χ3v) is 5.17. The summed E-state index contributed by atoms with van der Waals surface area (Å²) in [7, 11) is 0. The zero-order valence-corrected chi connectivity index (χ0v) is 17.3. The van der Waals surface area contributed by atoms with Crippen molar-refractivity contribution in [3.05, 3.63) is 54.1 Å². The second-order valence-electron chi connectivity index (χ2n) is 6.73. The lowest BCUT2D eigenvalue weighted by Gasteiger charge is -2.09. The highest BCUT2D eigenvalue weighted by Crippen LogP contribution is 2.32. The summed E-state index contributed by atoms with van der Waals surface area (Å²) in [6.07, 6.45) is 0.875. The van der Waals surface area contributed by atoms with Crippen molar-refractivity contribution >= 4 is 33.4 Å². The minimum atomic E-state index is -0.543. The number of amides is 1. The highest BCUT2D eigenvalue weighted by atomic mass is 32.1. The topological polar surface area (TPSA) is 77.5 Å². The number of para-hydroxylation sites is 1. The van der Waals surface area contributed by atoms with Crippen molar-refractivity contribution in [2.45, 2.75) is 26.4 Å². The third kappa shape index (κ3) is 5.85. The van der Waals surface area contributed by atoms with Crippen LogP contribution < -0.4 is 5.32 Å². The summed E-state index contributed by atoms with van der Waals surface area (Å²) in [5.41, 5.74) is 1.98. The van der Waals surface area contributed by atoms with Crippen LogP contribution in [0.2, 0.25) is 0 Å². The molecule has 0 aliphatic heterocycles. The van der Waals surface area contributed by atoms with Gasteiger partial charge in [-0.05, 0) is 38.5 Å². The number of nitrogens with one attached hydrogen (secondary N) is 1. The molecule has 2 aromatic carbocycles. The quantitative estimate of drug-likeness (QED) is 0.424. The van der Waals surface area contributed by atoms with E-state index < -0.39 is 5.97 Å². The molecule has 0 radical (unpaired) electrons. The SMILES string of the molecule is CC(C)OCCCNC(=O)COC(=O)c1ccccc1-c1nc2ccccc2s1. The lowest BCUT2D eigenvalue weighted by Crippen LogP contribution is -2.30. The maximum absolute atomic E-state index is 12.6. The van der Waals surface area contributed by atoms with Gasteiger partial charge in [-0.2, -0.15) is 0 Å². The van der Waals surface area contributed by atoms with E-state index in [1.807, 2.05) is 50.2 Å². The van der Waals surface area contributed by atoms with E-state index >= 15 is 0 Å². The van der Waals surface area contributed by atoms with Crippen molar-refractivity contribution in [3.8, 4) is 10.6 Å². The van der Waals surface area contributed by atoms with Crippen LogP contribution in [0.3, 0.4) is 0 Å². The molecule has 0 spiro atoms. The van der Waals surface area contributed by atoms with Gasteiger partial charge in [0.05, 0.1) is 21.9 Å². The maximum atomic E-state index is 12.6. The van der Waals surface area contributed by atoms with Gasteiger partial charge in [0.15, 0.2) is 6.61 Å². The number of rotatable bonds is 9. The third-order valence-electron chi connectivity index (χ3n) is 4.10. The number of fused-ring (bicyclic) bond motifs is 1. The van der Waals surface area contributed by atoms with Crippen LogP contribution in [0.1, 0.15) is 30.6 Å². The highest BCUT2D eigenvalue weighted by Gasteiger charge is 2.17. The molecular weight excluding hydrogens is 388 g/mol. The summed E-state index contributed by atoms with van der Waals surface area (Å²) >= 11 is 1.51. The zero-order valence-electron chi connectivity index (χ0n) is 16.5. The number of ether oxygens (including phenoxy) is 2. The molecule has 0 aliphatic rings. The molecule has 29 heavy (non-hydrogen) atoms. The number of hydrogen-bond donors (Lipinski definition) is 1. The predicted molar refractivity (Wildman–Crippen MR) is 114 cm³/mol. The van der Waals surface area contributed by atoms with Crippen molar-refractivity contribution in [2.24, 2.45) is 0 Å². The predicted octanol–water partition coefficient (Wildman–Crippen LogP) is 4.05. The summed E-state index contributed by atoms with van der Waals surface area (Å²) in [6, 6.07) is 15.0. The Labute approximate surface area is 173 Å². The normalized spacial score (nSPS) is 11.0. The van der Waals surface area contributed by atoms with Crippen molar-refractivity contribution in [1.82, 2.24) is 10.3 Å².